The van der Waals surface area contributed by atoms with Crippen LogP contribution in [0.25, 0.3) is 11.2 Å². The van der Waals surface area contributed by atoms with Gasteiger partial charge in [-0.1, -0.05) is 0 Å². The Morgan fingerprint density at radius 2 is 1.90 bits per heavy atom. The number of ether oxygens (including phenoxy) is 3. The number of aliphatic hydroxyl groups excluding tert-OH is 2. The van der Waals surface area contributed by atoms with Crippen LogP contribution in [0.5, 0.6) is 0 Å². The van der Waals surface area contributed by atoms with Gasteiger partial charge in [-0.25, -0.2) is 15.0 Å². The van der Waals surface area contributed by atoms with Gasteiger partial charge in [0.15, 0.2) is 29.6 Å². The van der Waals surface area contributed by atoms with Gasteiger partial charge < -0.3 is 35.1 Å². The fraction of sp³-hybridized carbons (Fsp3) is 0.647. The maximum atomic E-state index is 13.1. The third-order valence-corrected chi connectivity index (χ3v) is 4.99. The monoisotopic (exact) mass is 408 g/mol. The highest BCUT2D eigenvalue weighted by Gasteiger charge is 2.58. The molecule has 0 bridgehead atoms. The summed E-state index contributed by atoms with van der Waals surface area (Å²) in [6.07, 6.45) is -0.165. The number of aliphatic hydroxyl groups is 2. The number of hydrogen-bond donors (Lipinski definition) is 3. The summed E-state index contributed by atoms with van der Waals surface area (Å²) in [6.45, 7) is 3.19. The van der Waals surface area contributed by atoms with Crippen LogP contribution in [0.15, 0.2) is 12.7 Å². The third-order valence-electron chi connectivity index (χ3n) is 4.99. The molecule has 4 atom stereocenters. The van der Waals surface area contributed by atoms with Crippen molar-refractivity contribution in [3.8, 4) is 0 Å². The minimum absolute atomic E-state index is 0.0727. The third kappa shape index (κ3) is 3.42. The van der Waals surface area contributed by atoms with Gasteiger partial charge in [-0.2, -0.15) is 0 Å². The normalized spacial score (nSPS) is 28.0. The van der Waals surface area contributed by atoms with Gasteiger partial charge in [0.1, 0.15) is 24.1 Å². The summed E-state index contributed by atoms with van der Waals surface area (Å²) in [5, 5.41) is 18.5. The van der Waals surface area contributed by atoms with Crippen molar-refractivity contribution in [1.29, 1.82) is 0 Å². The summed E-state index contributed by atoms with van der Waals surface area (Å²) in [5.41, 5.74) is 6.74. The maximum Gasteiger partial charge on any atom is 0.254 e. The van der Waals surface area contributed by atoms with Gasteiger partial charge in [0.05, 0.1) is 19.5 Å². The molecule has 4 heterocycles. The molecule has 0 aromatic carbocycles. The largest absolute Gasteiger partial charge is 0.395 e. The quantitative estimate of drug-likeness (QED) is 0.521. The molecule has 4 unspecified atom stereocenters. The van der Waals surface area contributed by atoms with E-state index in [4.69, 9.17) is 19.9 Å². The molecule has 0 spiro atoms. The first-order valence-corrected chi connectivity index (χ1v) is 9.31. The van der Waals surface area contributed by atoms with E-state index in [0.29, 0.717) is 11.2 Å². The number of rotatable bonds is 6. The van der Waals surface area contributed by atoms with Crippen LogP contribution in [0.3, 0.4) is 0 Å². The summed E-state index contributed by atoms with van der Waals surface area (Å²) in [6, 6.07) is 0. The molecular weight excluding hydrogens is 384 g/mol. The van der Waals surface area contributed by atoms with Gasteiger partial charge in [-0.3, -0.25) is 9.36 Å². The van der Waals surface area contributed by atoms with Crippen LogP contribution in [0.1, 0.15) is 20.1 Å². The van der Waals surface area contributed by atoms with Gasteiger partial charge in [0.2, 0.25) is 0 Å². The molecule has 2 aromatic heterocycles. The minimum Gasteiger partial charge on any atom is -0.395 e. The minimum atomic E-state index is -0.985. The average Bonchev–Trinajstić information content (AvgIpc) is 3.32. The molecular formula is C17H24N6O6. The van der Waals surface area contributed by atoms with Gasteiger partial charge in [0, 0.05) is 13.1 Å². The molecule has 0 radical (unpaired) electrons. The topological polar surface area (TPSA) is 158 Å². The molecule has 2 fully saturated rings. The van der Waals surface area contributed by atoms with Crippen LogP contribution in [-0.2, 0) is 19.0 Å². The van der Waals surface area contributed by atoms with Crippen molar-refractivity contribution in [2.75, 3.05) is 32.0 Å². The summed E-state index contributed by atoms with van der Waals surface area (Å²) in [5.74, 6) is -1.08. The SMILES string of the molecule is CC1(C)OC2C(C(=O)N(CCO)CCO)OC(n3cnc4c(N)ncnc43)C2O1. The van der Waals surface area contributed by atoms with Crippen molar-refractivity contribution in [3.63, 3.8) is 0 Å². The highest BCUT2D eigenvalue weighted by Crippen LogP contribution is 2.44. The van der Waals surface area contributed by atoms with Gasteiger partial charge in [-0.05, 0) is 13.8 Å². The Hall–Kier alpha value is -2.38. The number of fused-ring (bicyclic) bond motifs is 2. The fourth-order valence-corrected chi connectivity index (χ4v) is 3.81. The number of carbonyl (C=O) groups excluding carboxylic acids is 1. The molecule has 2 aromatic rings. The average molecular weight is 408 g/mol. The molecule has 0 aliphatic carbocycles. The highest BCUT2D eigenvalue weighted by molar-refractivity contribution is 5.83. The number of nitrogens with zero attached hydrogens (tertiary/aromatic N) is 5. The highest BCUT2D eigenvalue weighted by atomic mass is 16.8. The van der Waals surface area contributed by atoms with Gasteiger partial charge in [-0.15, -0.1) is 0 Å². The number of carbonyl (C=O) groups is 1. The first kappa shape index (κ1) is 19.9. The van der Waals surface area contributed by atoms with Crippen molar-refractivity contribution < 1.29 is 29.2 Å². The first-order valence-electron chi connectivity index (χ1n) is 9.31. The van der Waals surface area contributed by atoms with E-state index >= 15 is 0 Å². The van der Waals surface area contributed by atoms with Gasteiger partial charge >= 0.3 is 0 Å². The van der Waals surface area contributed by atoms with Crippen LogP contribution in [0.4, 0.5) is 5.82 Å². The fourth-order valence-electron chi connectivity index (χ4n) is 3.81. The molecule has 2 aliphatic rings. The number of anilines is 1. The van der Waals surface area contributed by atoms with Crippen LogP contribution in [0.2, 0.25) is 0 Å². The smallest absolute Gasteiger partial charge is 0.254 e. The van der Waals surface area contributed by atoms with Crippen LogP contribution in [0, 0.1) is 0 Å². The molecule has 29 heavy (non-hydrogen) atoms. The number of amides is 1. The summed E-state index contributed by atoms with van der Waals surface area (Å²) in [4.78, 5) is 26.8. The molecule has 0 saturated carbocycles. The van der Waals surface area contributed by atoms with Crippen LogP contribution < -0.4 is 5.73 Å². The zero-order valence-corrected chi connectivity index (χ0v) is 16.1. The van der Waals surface area contributed by atoms with E-state index in [1.165, 1.54) is 17.6 Å². The predicted molar refractivity (Wildman–Crippen MR) is 98.2 cm³/mol. The number of imidazole rings is 1. The number of nitrogens with two attached hydrogens (primary N) is 1. The molecule has 12 nitrogen and oxygen atoms in total. The molecule has 12 heteroatoms. The van der Waals surface area contributed by atoms with Crippen molar-refractivity contribution in [2.45, 2.75) is 44.2 Å². The first-order chi connectivity index (χ1) is 13.9. The second-order valence-corrected chi connectivity index (χ2v) is 7.37. The Labute approximate surface area is 166 Å². The van der Waals surface area contributed by atoms with Crippen molar-refractivity contribution in [1.82, 2.24) is 24.4 Å². The zero-order chi connectivity index (χ0) is 20.8. The van der Waals surface area contributed by atoms with E-state index in [9.17, 15) is 15.0 Å². The lowest BCUT2D eigenvalue weighted by atomic mass is 10.1. The maximum absolute atomic E-state index is 13.1. The number of nitrogen functional groups attached to an aromatic ring is 1. The Morgan fingerprint density at radius 3 is 2.59 bits per heavy atom. The second kappa shape index (κ2) is 7.46. The van der Waals surface area contributed by atoms with E-state index in [-0.39, 0.29) is 32.1 Å². The number of aromatic nitrogens is 4. The van der Waals surface area contributed by atoms with E-state index < -0.39 is 36.2 Å². The standard InChI is InChI=1S/C17H24N6O6/c1-17(2)28-10-11(15(26)22(3-5-24)4-6-25)27-16(12(10)29-17)23-8-21-9-13(18)19-7-20-14(9)23/h7-8,10-12,16,24-25H,3-6H2,1-2H3,(H2,18,19,20). The van der Waals surface area contributed by atoms with Crippen LogP contribution >= 0.6 is 0 Å². The second-order valence-electron chi connectivity index (χ2n) is 7.37. The molecule has 4 rings (SSSR count). The molecule has 1 amide bonds. The summed E-state index contributed by atoms with van der Waals surface area (Å²) >= 11 is 0. The van der Waals surface area contributed by atoms with Gasteiger partial charge in [0.25, 0.3) is 5.91 Å². The molecule has 4 N–H and O–H groups in total. The van der Waals surface area contributed by atoms with E-state index in [1.807, 2.05) is 0 Å². The van der Waals surface area contributed by atoms with E-state index in [2.05, 4.69) is 15.0 Å². The Bertz CT molecular complexity index is 898. The molecule has 2 saturated heterocycles. The van der Waals surface area contributed by atoms with Crippen molar-refractivity contribution >= 4 is 22.9 Å². The lowest BCUT2D eigenvalue weighted by molar-refractivity contribution is -0.200. The summed E-state index contributed by atoms with van der Waals surface area (Å²) < 4.78 is 19.7. The molecule has 158 valence electrons. The van der Waals surface area contributed by atoms with Crippen molar-refractivity contribution in [2.24, 2.45) is 0 Å². The lowest BCUT2D eigenvalue weighted by Gasteiger charge is -2.28. The molecule has 2 aliphatic heterocycles. The Kier molecular flexibility index (Phi) is 5.12. The zero-order valence-electron chi connectivity index (χ0n) is 16.1. The Balaban J connectivity index is 1.69. The van der Waals surface area contributed by atoms with E-state index in [1.54, 1.807) is 18.4 Å². The Morgan fingerprint density at radius 1 is 1.21 bits per heavy atom. The van der Waals surface area contributed by atoms with Crippen molar-refractivity contribution in [3.05, 3.63) is 12.7 Å². The van der Waals surface area contributed by atoms with Crippen LogP contribution in [-0.4, -0.2) is 90.9 Å². The predicted octanol–water partition coefficient (Wildman–Crippen LogP) is -1.36. The summed E-state index contributed by atoms with van der Waals surface area (Å²) in [7, 11) is 0. The lowest BCUT2D eigenvalue weighted by Crippen LogP contribution is -2.47. The number of hydrogen-bond acceptors (Lipinski definition) is 10. The van der Waals surface area contributed by atoms with E-state index in [0.717, 1.165) is 0 Å².